The lowest BCUT2D eigenvalue weighted by molar-refractivity contribution is -0.119. The first-order valence-corrected chi connectivity index (χ1v) is 7.05. The lowest BCUT2D eigenvalue weighted by Gasteiger charge is -2.21. The van der Waals surface area contributed by atoms with Gasteiger partial charge >= 0.3 is 0 Å². The number of hydrogen-bond acceptors (Lipinski definition) is 3. The molecular weight excluding hydrogens is 268 g/mol. The van der Waals surface area contributed by atoms with Crippen molar-refractivity contribution >= 4 is 17.5 Å². The van der Waals surface area contributed by atoms with Gasteiger partial charge in [-0.3, -0.25) is 9.59 Å². The van der Waals surface area contributed by atoms with E-state index < -0.39 is 0 Å². The van der Waals surface area contributed by atoms with Gasteiger partial charge in [0.1, 0.15) is 5.75 Å². The van der Waals surface area contributed by atoms with E-state index in [0.717, 1.165) is 12.0 Å². The number of hydrogen-bond donors (Lipinski definition) is 2. The van der Waals surface area contributed by atoms with Crippen LogP contribution in [-0.4, -0.2) is 18.4 Å². The summed E-state index contributed by atoms with van der Waals surface area (Å²) in [4.78, 5) is 23.3. The summed E-state index contributed by atoms with van der Waals surface area (Å²) in [7, 11) is 0. The zero-order valence-electron chi connectivity index (χ0n) is 12.5. The fourth-order valence-electron chi connectivity index (χ4n) is 2.16. The van der Waals surface area contributed by atoms with Gasteiger partial charge in [-0.25, -0.2) is 0 Å². The molecule has 0 bridgehead atoms. The maximum absolute atomic E-state index is 12.0. The SMILES string of the molecule is CCC=C(C)C(=O)NC(C)c1ccc2c(c1)NC(=O)CO2. The van der Waals surface area contributed by atoms with Crippen LogP contribution in [0.3, 0.4) is 0 Å². The van der Waals surface area contributed by atoms with Crippen LogP contribution in [0.5, 0.6) is 5.75 Å². The third kappa shape index (κ3) is 3.62. The van der Waals surface area contributed by atoms with Crippen molar-refractivity contribution < 1.29 is 14.3 Å². The average Bonchev–Trinajstić information content (AvgIpc) is 2.46. The van der Waals surface area contributed by atoms with E-state index in [1.54, 1.807) is 6.92 Å². The highest BCUT2D eigenvalue weighted by Gasteiger charge is 2.18. The highest BCUT2D eigenvalue weighted by atomic mass is 16.5. The number of rotatable bonds is 4. The van der Waals surface area contributed by atoms with Crippen LogP contribution in [-0.2, 0) is 9.59 Å². The van der Waals surface area contributed by atoms with Crippen LogP contribution < -0.4 is 15.4 Å². The van der Waals surface area contributed by atoms with Gasteiger partial charge in [0, 0.05) is 5.57 Å². The van der Waals surface area contributed by atoms with Gasteiger partial charge in [0.15, 0.2) is 6.61 Å². The number of amides is 2. The lowest BCUT2D eigenvalue weighted by atomic mass is 10.1. The van der Waals surface area contributed by atoms with Crippen LogP contribution in [0.25, 0.3) is 0 Å². The minimum Gasteiger partial charge on any atom is -0.482 e. The molecule has 112 valence electrons. The van der Waals surface area contributed by atoms with Crippen molar-refractivity contribution in [3.63, 3.8) is 0 Å². The molecule has 0 aliphatic carbocycles. The van der Waals surface area contributed by atoms with E-state index >= 15 is 0 Å². The molecule has 1 aliphatic rings. The van der Waals surface area contributed by atoms with Gasteiger partial charge in [0.25, 0.3) is 5.91 Å². The monoisotopic (exact) mass is 288 g/mol. The quantitative estimate of drug-likeness (QED) is 0.837. The first-order valence-electron chi connectivity index (χ1n) is 7.05. The predicted octanol–water partition coefficient (Wildman–Crippen LogP) is 2.55. The number of nitrogens with one attached hydrogen (secondary N) is 2. The average molecular weight is 288 g/mol. The Hall–Kier alpha value is -2.30. The summed E-state index contributed by atoms with van der Waals surface area (Å²) in [5.74, 6) is 0.402. The van der Waals surface area contributed by atoms with E-state index in [1.807, 2.05) is 38.1 Å². The molecule has 2 amide bonds. The third-order valence-corrected chi connectivity index (χ3v) is 3.35. The zero-order valence-corrected chi connectivity index (χ0v) is 12.5. The van der Waals surface area contributed by atoms with Gasteiger partial charge in [-0.05, 0) is 38.0 Å². The molecule has 0 saturated heterocycles. The Morgan fingerprint density at radius 3 is 3.00 bits per heavy atom. The second-order valence-corrected chi connectivity index (χ2v) is 5.08. The second kappa shape index (κ2) is 6.43. The van der Waals surface area contributed by atoms with Crippen molar-refractivity contribution in [3.05, 3.63) is 35.4 Å². The molecule has 1 unspecified atom stereocenters. The number of ether oxygens (including phenoxy) is 1. The van der Waals surface area contributed by atoms with Crippen molar-refractivity contribution in [3.8, 4) is 5.75 Å². The van der Waals surface area contributed by atoms with Crippen LogP contribution in [0.15, 0.2) is 29.8 Å². The molecule has 1 aromatic carbocycles. The van der Waals surface area contributed by atoms with Gasteiger partial charge in [-0.1, -0.05) is 19.1 Å². The molecule has 2 N–H and O–H groups in total. The highest BCUT2D eigenvalue weighted by Crippen LogP contribution is 2.30. The largest absolute Gasteiger partial charge is 0.482 e. The fourth-order valence-corrected chi connectivity index (χ4v) is 2.16. The molecule has 0 aromatic heterocycles. The van der Waals surface area contributed by atoms with Crippen molar-refractivity contribution in [2.45, 2.75) is 33.2 Å². The smallest absolute Gasteiger partial charge is 0.262 e. The van der Waals surface area contributed by atoms with E-state index in [2.05, 4.69) is 10.6 Å². The second-order valence-electron chi connectivity index (χ2n) is 5.08. The molecule has 0 saturated carbocycles. The first-order chi connectivity index (χ1) is 10.0. The molecule has 21 heavy (non-hydrogen) atoms. The van der Waals surface area contributed by atoms with Crippen LogP contribution >= 0.6 is 0 Å². The molecular formula is C16H20N2O3. The Balaban J connectivity index is 2.11. The van der Waals surface area contributed by atoms with Crippen molar-refractivity contribution in [1.29, 1.82) is 0 Å². The van der Waals surface area contributed by atoms with Crippen LogP contribution in [0, 0.1) is 0 Å². The summed E-state index contributed by atoms with van der Waals surface area (Å²) in [6.07, 6.45) is 2.72. The molecule has 1 atom stereocenters. The molecule has 2 rings (SSSR count). The molecule has 1 heterocycles. The van der Waals surface area contributed by atoms with Crippen molar-refractivity contribution in [2.24, 2.45) is 0 Å². The molecule has 1 aliphatic heterocycles. The van der Waals surface area contributed by atoms with Crippen LogP contribution in [0.2, 0.25) is 0 Å². The number of benzene rings is 1. The standard InChI is InChI=1S/C16H20N2O3/c1-4-5-10(2)16(20)17-11(3)12-6-7-14-13(8-12)18-15(19)9-21-14/h5-8,11H,4,9H2,1-3H3,(H,17,20)(H,18,19). The van der Waals surface area contributed by atoms with Gasteiger partial charge in [-0.2, -0.15) is 0 Å². The van der Waals surface area contributed by atoms with E-state index in [0.29, 0.717) is 17.0 Å². The Labute approximate surface area is 124 Å². The highest BCUT2D eigenvalue weighted by molar-refractivity contribution is 5.95. The van der Waals surface area contributed by atoms with Gasteiger partial charge in [0.05, 0.1) is 11.7 Å². The Morgan fingerprint density at radius 1 is 1.52 bits per heavy atom. The zero-order chi connectivity index (χ0) is 15.4. The maximum atomic E-state index is 12.0. The number of fused-ring (bicyclic) bond motifs is 1. The normalized spacial score (nSPS) is 15.6. The number of carbonyl (C=O) groups is 2. The lowest BCUT2D eigenvalue weighted by Crippen LogP contribution is -2.28. The minimum atomic E-state index is -0.168. The van der Waals surface area contributed by atoms with Crippen LogP contribution in [0.4, 0.5) is 5.69 Å². The maximum Gasteiger partial charge on any atom is 0.262 e. The van der Waals surface area contributed by atoms with E-state index in [9.17, 15) is 9.59 Å². The minimum absolute atomic E-state index is 0.0413. The first kappa shape index (κ1) is 15.1. The topological polar surface area (TPSA) is 67.4 Å². The molecule has 5 heteroatoms. The van der Waals surface area contributed by atoms with Gasteiger partial charge in [0.2, 0.25) is 5.91 Å². The summed E-state index contributed by atoms with van der Waals surface area (Å²) in [6.45, 7) is 5.74. The summed E-state index contributed by atoms with van der Waals surface area (Å²) < 4.78 is 5.31. The Kier molecular flexibility index (Phi) is 4.62. The van der Waals surface area contributed by atoms with Gasteiger partial charge in [-0.15, -0.1) is 0 Å². The number of anilines is 1. The summed E-state index contributed by atoms with van der Waals surface area (Å²) >= 11 is 0. The fraction of sp³-hybridized carbons (Fsp3) is 0.375. The molecule has 1 aromatic rings. The summed E-state index contributed by atoms with van der Waals surface area (Å²) in [5.41, 5.74) is 2.27. The van der Waals surface area contributed by atoms with E-state index in [-0.39, 0.29) is 24.5 Å². The number of carbonyl (C=O) groups excluding carboxylic acids is 2. The molecule has 0 radical (unpaired) electrons. The predicted molar refractivity (Wildman–Crippen MR) is 81.2 cm³/mol. The summed E-state index contributed by atoms with van der Waals surface area (Å²) in [6, 6.07) is 5.37. The van der Waals surface area contributed by atoms with Crippen molar-refractivity contribution in [1.82, 2.24) is 5.32 Å². The van der Waals surface area contributed by atoms with Gasteiger partial charge < -0.3 is 15.4 Å². The third-order valence-electron chi connectivity index (χ3n) is 3.35. The van der Waals surface area contributed by atoms with Crippen molar-refractivity contribution in [2.75, 3.05) is 11.9 Å². The Bertz CT molecular complexity index is 593. The van der Waals surface area contributed by atoms with E-state index in [4.69, 9.17) is 4.74 Å². The number of allylic oxidation sites excluding steroid dienone is 1. The molecule has 0 spiro atoms. The van der Waals surface area contributed by atoms with Crippen LogP contribution in [0.1, 0.15) is 38.8 Å². The summed E-state index contributed by atoms with van der Waals surface area (Å²) in [5, 5.41) is 5.70. The van der Waals surface area contributed by atoms with E-state index in [1.165, 1.54) is 0 Å². The Morgan fingerprint density at radius 2 is 2.29 bits per heavy atom. The molecule has 0 fully saturated rings. The molecule has 5 nitrogen and oxygen atoms in total.